The van der Waals surface area contributed by atoms with Crippen molar-refractivity contribution in [2.24, 2.45) is 9.98 Å². The van der Waals surface area contributed by atoms with Gasteiger partial charge in [0, 0.05) is 62.4 Å². The van der Waals surface area contributed by atoms with Crippen molar-refractivity contribution in [1.82, 2.24) is 29.1 Å². The second-order valence-corrected chi connectivity index (χ2v) is 16.2. The molecule has 6 aliphatic rings. The normalized spacial score (nSPS) is 21.7. The van der Waals surface area contributed by atoms with Crippen LogP contribution in [-0.2, 0) is 32.0 Å². The van der Waals surface area contributed by atoms with Gasteiger partial charge in [-0.3, -0.25) is 9.98 Å². The fourth-order valence-corrected chi connectivity index (χ4v) is 9.19. The van der Waals surface area contributed by atoms with Gasteiger partial charge in [0.1, 0.15) is 12.2 Å². The van der Waals surface area contributed by atoms with Crippen molar-refractivity contribution in [2.45, 2.75) is 75.9 Å². The number of pyridine rings is 2. The minimum Gasteiger partial charge on any atom is -0.474 e. The standard InChI is InChI=1S/2C23H24N4O3/c1-2-20-19(26-14-27(20)17-4-8-29-13-17)11-15(1)22-21-16(12-25-22)3-7-24-23(21)30-18-5-9-28-10-6-18;1-2-19-20(27(14-26-19)17-4-8-29-13-17)11-15(1)22-21-16(12-25-22)3-7-24-23(21)30-18-5-9-28-10-6-18/h2*1-3,7,11,14,17-18H,4-6,8-10,12-13H2. The molecule has 4 fully saturated rings. The van der Waals surface area contributed by atoms with Gasteiger partial charge in [-0.25, -0.2) is 19.9 Å². The van der Waals surface area contributed by atoms with Gasteiger partial charge in [0.05, 0.1) is 122 Å². The van der Waals surface area contributed by atoms with E-state index < -0.39 is 0 Å². The highest BCUT2D eigenvalue weighted by atomic mass is 16.5. The Morgan fingerprint density at radius 2 is 1.02 bits per heavy atom. The number of rotatable bonds is 8. The molecule has 2 atom stereocenters. The van der Waals surface area contributed by atoms with Crippen LogP contribution in [0.2, 0.25) is 0 Å². The lowest BCUT2D eigenvalue weighted by molar-refractivity contribution is 0.0234. The van der Waals surface area contributed by atoms with E-state index in [1.807, 2.05) is 37.2 Å². The number of nitrogens with zero attached hydrogens (tertiary/aromatic N) is 8. The number of aromatic nitrogens is 6. The second-order valence-electron chi connectivity index (χ2n) is 16.2. The molecule has 0 spiro atoms. The predicted octanol–water partition coefficient (Wildman–Crippen LogP) is 6.60. The van der Waals surface area contributed by atoms with E-state index in [0.717, 1.165) is 153 Å². The van der Waals surface area contributed by atoms with Crippen LogP contribution < -0.4 is 9.47 Å². The minimum atomic E-state index is 0.144. The molecule has 14 nitrogen and oxygen atoms in total. The first-order valence-corrected chi connectivity index (χ1v) is 21.4. The summed E-state index contributed by atoms with van der Waals surface area (Å²) in [6.07, 6.45) is 13.4. The van der Waals surface area contributed by atoms with Crippen molar-refractivity contribution in [1.29, 1.82) is 0 Å². The molecule has 2 aromatic carbocycles. The molecule has 308 valence electrons. The van der Waals surface area contributed by atoms with Crippen LogP contribution in [0.3, 0.4) is 0 Å². The summed E-state index contributed by atoms with van der Waals surface area (Å²) < 4.78 is 39.2. The summed E-state index contributed by atoms with van der Waals surface area (Å²) in [6.45, 7) is 7.41. The molecule has 0 N–H and O–H groups in total. The lowest BCUT2D eigenvalue weighted by Gasteiger charge is -2.24. The van der Waals surface area contributed by atoms with Gasteiger partial charge in [0.25, 0.3) is 0 Å². The lowest BCUT2D eigenvalue weighted by Crippen LogP contribution is -2.27. The number of imidazole rings is 2. The summed E-state index contributed by atoms with van der Waals surface area (Å²) in [6, 6.07) is 17.6. The van der Waals surface area contributed by atoms with Gasteiger partial charge < -0.3 is 37.6 Å². The highest BCUT2D eigenvalue weighted by molar-refractivity contribution is 6.18. The maximum absolute atomic E-state index is 6.32. The first kappa shape index (κ1) is 37.5. The molecule has 6 aromatic rings. The number of aliphatic imine (C=N–C) groups is 2. The summed E-state index contributed by atoms with van der Waals surface area (Å²) in [7, 11) is 0. The largest absolute Gasteiger partial charge is 0.474 e. The van der Waals surface area contributed by atoms with Gasteiger partial charge in [-0.2, -0.15) is 0 Å². The Kier molecular flexibility index (Phi) is 10.3. The van der Waals surface area contributed by atoms with Gasteiger partial charge in [-0.1, -0.05) is 12.1 Å². The van der Waals surface area contributed by atoms with Crippen molar-refractivity contribution >= 4 is 33.5 Å². The van der Waals surface area contributed by atoms with Gasteiger partial charge in [0.2, 0.25) is 11.8 Å². The number of ether oxygens (including phenoxy) is 6. The molecule has 14 heteroatoms. The van der Waals surface area contributed by atoms with E-state index in [2.05, 4.69) is 65.5 Å². The summed E-state index contributed by atoms with van der Waals surface area (Å²) >= 11 is 0. The molecule has 60 heavy (non-hydrogen) atoms. The van der Waals surface area contributed by atoms with Crippen molar-refractivity contribution < 1.29 is 28.4 Å². The van der Waals surface area contributed by atoms with Crippen molar-refractivity contribution in [2.75, 3.05) is 52.9 Å². The maximum Gasteiger partial charge on any atom is 0.223 e. The van der Waals surface area contributed by atoms with Gasteiger partial charge in [-0.05, 0) is 60.4 Å². The quantitative estimate of drug-likeness (QED) is 0.165. The van der Waals surface area contributed by atoms with E-state index in [1.165, 1.54) is 5.56 Å². The molecule has 12 rings (SSSR count). The SMILES string of the molecule is c1cc2c(c(OC3CCOCC3)n1)C(c1ccc3c(c1)ncn3C1CCOC1)=NC2.c1cc2c(c(OC3CCOCC3)n1)C(c1ccc3ncn(C4CCOC4)c3c1)=NC2. The Balaban J connectivity index is 0.000000136. The zero-order valence-electron chi connectivity index (χ0n) is 33.6. The smallest absolute Gasteiger partial charge is 0.223 e. The van der Waals surface area contributed by atoms with Crippen molar-refractivity contribution in [3.05, 3.63) is 107 Å². The molecule has 6 aliphatic heterocycles. The van der Waals surface area contributed by atoms with Crippen LogP contribution in [0.1, 0.15) is 84.0 Å². The van der Waals surface area contributed by atoms with E-state index in [0.29, 0.717) is 36.9 Å². The van der Waals surface area contributed by atoms with Crippen LogP contribution in [0, 0.1) is 0 Å². The van der Waals surface area contributed by atoms with E-state index >= 15 is 0 Å². The summed E-state index contributed by atoms with van der Waals surface area (Å²) in [5, 5.41) is 0. The first-order valence-electron chi connectivity index (χ1n) is 21.4. The highest BCUT2D eigenvalue weighted by Crippen LogP contribution is 2.35. The van der Waals surface area contributed by atoms with Crippen LogP contribution in [-0.4, -0.2) is 106 Å². The van der Waals surface area contributed by atoms with Gasteiger partial charge in [-0.15, -0.1) is 0 Å². The Bertz CT molecular complexity index is 2580. The molecular formula is C46H48N8O6. The predicted molar refractivity (Wildman–Crippen MR) is 225 cm³/mol. The third kappa shape index (κ3) is 7.25. The first-order chi connectivity index (χ1) is 29.7. The van der Waals surface area contributed by atoms with E-state index in [1.54, 1.807) is 0 Å². The average molecular weight is 809 g/mol. The molecule has 10 heterocycles. The number of hydrogen-bond acceptors (Lipinski definition) is 12. The van der Waals surface area contributed by atoms with Crippen molar-refractivity contribution in [3.63, 3.8) is 0 Å². The zero-order valence-corrected chi connectivity index (χ0v) is 33.6. The van der Waals surface area contributed by atoms with Crippen LogP contribution in [0.5, 0.6) is 11.8 Å². The van der Waals surface area contributed by atoms with Gasteiger partial charge in [0.15, 0.2) is 0 Å². The lowest BCUT2D eigenvalue weighted by atomic mass is 10.0. The molecule has 0 bridgehead atoms. The zero-order chi connectivity index (χ0) is 39.8. The maximum atomic E-state index is 6.32. The summed E-state index contributed by atoms with van der Waals surface area (Å²) in [5.74, 6) is 1.37. The average Bonchev–Trinajstić information content (AvgIpc) is 4.15. The van der Waals surface area contributed by atoms with Crippen LogP contribution in [0.15, 0.2) is 83.6 Å². The highest BCUT2D eigenvalue weighted by Gasteiger charge is 2.29. The molecule has 4 aromatic heterocycles. The molecule has 4 saturated heterocycles. The second kappa shape index (κ2) is 16.5. The van der Waals surface area contributed by atoms with Crippen molar-refractivity contribution in [3.8, 4) is 11.8 Å². The fraction of sp³-hybridized carbons (Fsp3) is 0.435. The monoisotopic (exact) mass is 808 g/mol. The molecule has 0 aliphatic carbocycles. The Labute approximate surface area is 347 Å². The molecule has 2 unspecified atom stereocenters. The van der Waals surface area contributed by atoms with Gasteiger partial charge >= 0.3 is 0 Å². The fourth-order valence-electron chi connectivity index (χ4n) is 9.19. The van der Waals surface area contributed by atoms with Crippen LogP contribution >= 0.6 is 0 Å². The number of benzene rings is 2. The summed E-state index contributed by atoms with van der Waals surface area (Å²) in [4.78, 5) is 28.1. The van der Waals surface area contributed by atoms with E-state index in [-0.39, 0.29) is 12.2 Å². The third-order valence-corrected chi connectivity index (χ3v) is 12.5. The van der Waals surface area contributed by atoms with E-state index in [4.69, 9.17) is 38.4 Å². The Morgan fingerprint density at radius 3 is 1.58 bits per heavy atom. The topological polar surface area (TPSA) is 142 Å². The molecule has 0 amide bonds. The van der Waals surface area contributed by atoms with Crippen LogP contribution in [0.4, 0.5) is 0 Å². The molecular weight excluding hydrogens is 761 g/mol. The van der Waals surface area contributed by atoms with Crippen LogP contribution in [0.25, 0.3) is 22.1 Å². The third-order valence-electron chi connectivity index (χ3n) is 12.5. The molecule has 0 saturated carbocycles. The number of hydrogen-bond donors (Lipinski definition) is 0. The Morgan fingerprint density at radius 1 is 0.500 bits per heavy atom. The molecule has 0 radical (unpaired) electrons. The van der Waals surface area contributed by atoms with E-state index in [9.17, 15) is 0 Å². The summed E-state index contributed by atoms with van der Waals surface area (Å²) in [5.41, 5.74) is 12.6. The Hall–Kier alpha value is -5.54. The minimum absolute atomic E-state index is 0.144. The number of fused-ring (bicyclic) bond motifs is 4.